The fourth-order valence-corrected chi connectivity index (χ4v) is 5.51. The van der Waals surface area contributed by atoms with Crippen LogP contribution >= 0.6 is 11.3 Å². The first-order valence-electron chi connectivity index (χ1n) is 12.4. The van der Waals surface area contributed by atoms with Crippen molar-refractivity contribution in [1.29, 1.82) is 0 Å². The Morgan fingerprint density at radius 3 is 2.60 bits per heavy atom. The Balaban J connectivity index is 1.51. The number of ether oxygens (including phenoxy) is 1. The first-order valence-corrected chi connectivity index (χ1v) is 13.2. The van der Waals surface area contributed by atoms with Gasteiger partial charge in [0.25, 0.3) is 0 Å². The molecule has 1 aliphatic rings. The van der Waals surface area contributed by atoms with E-state index in [2.05, 4.69) is 18.4 Å². The third-order valence-electron chi connectivity index (χ3n) is 6.85. The second-order valence-electron chi connectivity index (χ2n) is 9.17. The molecular weight excluding hydrogens is 456 g/mol. The third-order valence-corrected chi connectivity index (χ3v) is 7.85. The van der Waals surface area contributed by atoms with E-state index in [-0.39, 0.29) is 30.4 Å². The highest BCUT2D eigenvalue weighted by molar-refractivity contribution is 7.10. The number of aryl methyl sites for hydroxylation is 1. The van der Waals surface area contributed by atoms with Crippen molar-refractivity contribution in [1.82, 2.24) is 9.80 Å². The van der Waals surface area contributed by atoms with Crippen LogP contribution in [0.4, 0.5) is 0 Å². The van der Waals surface area contributed by atoms with E-state index in [1.165, 1.54) is 4.88 Å². The highest BCUT2D eigenvalue weighted by Crippen LogP contribution is 2.34. The zero-order valence-corrected chi connectivity index (χ0v) is 21.6. The summed E-state index contributed by atoms with van der Waals surface area (Å²) in [6.07, 6.45) is 1.93. The van der Waals surface area contributed by atoms with Crippen LogP contribution in [0.15, 0.2) is 66.0 Å². The summed E-state index contributed by atoms with van der Waals surface area (Å²) in [7, 11) is 0. The number of hydrogen-bond acceptors (Lipinski definition) is 4. The smallest absolute Gasteiger partial charge is 0.242 e. The van der Waals surface area contributed by atoms with Crippen LogP contribution in [-0.2, 0) is 22.4 Å². The summed E-state index contributed by atoms with van der Waals surface area (Å²) in [4.78, 5) is 31.9. The van der Waals surface area contributed by atoms with Crippen LogP contribution in [0.2, 0.25) is 0 Å². The van der Waals surface area contributed by atoms with Gasteiger partial charge in [-0.15, -0.1) is 11.3 Å². The summed E-state index contributed by atoms with van der Waals surface area (Å²) in [6.45, 7) is 7.20. The number of hydrogen-bond donors (Lipinski definition) is 0. The van der Waals surface area contributed by atoms with Crippen LogP contribution in [0.5, 0.6) is 5.75 Å². The van der Waals surface area contributed by atoms with Crippen molar-refractivity contribution in [2.75, 3.05) is 19.7 Å². The fourth-order valence-electron chi connectivity index (χ4n) is 4.58. The molecule has 0 radical (unpaired) electrons. The van der Waals surface area contributed by atoms with Crippen molar-refractivity contribution in [3.05, 3.63) is 87.6 Å². The van der Waals surface area contributed by atoms with Crippen molar-refractivity contribution in [2.24, 2.45) is 0 Å². The molecule has 35 heavy (non-hydrogen) atoms. The molecule has 4 rings (SSSR count). The number of fused-ring (bicyclic) bond motifs is 1. The van der Waals surface area contributed by atoms with Gasteiger partial charge in [0.05, 0.1) is 12.5 Å². The molecule has 3 aromatic rings. The van der Waals surface area contributed by atoms with Gasteiger partial charge in [0, 0.05) is 17.5 Å². The standard InChI is InChI=1S/C29H34N2O3S/c1-4-22(3)31(28(32)18-23-11-6-5-7-12-23)19-29(33)30-16-14-27-24(15-17-35-27)25(30)20-34-26-13-9-8-10-21(26)2/h5-13,15,17,22,25H,4,14,16,18-20H2,1-3H3/t22-,25+/m0/s1. The lowest BCUT2D eigenvalue weighted by atomic mass is 10.00. The van der Waals surface area contributed by atoms with Crippen LogP contribution in [0, 0.1) is 6.92 Å². The van der Waals surface area contributed by atoms with Crippen molar-refractivity contribution >= 4 is 23.2 Å². The normalized spacial score (nSPS) is 15.9. The van der Waals surface area contributed by atoms with Crippen molar-refractivity contribution in [2.45, 2.75) is 52.1 Å². The number of carbonyl (C=O) groups excluding carboxylic acids is 2. The van der Waals surface area contributed by atoms with E-state index in [0.717, 1.165) is 35.3 Å². The Morgan fingerprint density at radius 1 is 1.11 bits per heavy atom. The number of carbonyl (C=O) groups is 2. The van der Waals surface area contributed by atoms with Crippen LogP contribution in [0.3, 0.4) is 0 Å². The SMILES string of the molecule is CC[C@H](C)N(CC(=O)N1CCc2sccc2[C@H]1COc1ccccc1C)C(=O)Cc1ccccc1. The number of amides is 2. The Labute approximate surface area is 212 Å². The highest BCUT2D eigenvalue weighted by atomic mass is 32.1. The molecular formula is C29H34N2O3S. The van der Waals surface area contributed by atoms with E-state index in [0.29, 0.717) is 19.6 Å². The summed E-state index contributed by atoms with van der Waals surface area (Å²) >= 11 is 1.74. The molecule has 2 aromatic carbocycles. The Kier molecular flexibility index (Phi) is 8.24. The molecule has 0 bridgehead atoms. The second kappa shape index (κ2) is 11.5. The molecule has 0 saturated carbocycles. The minimum Gasteiger partial charge on any atom is -0.491 e. The topological polar surface area (TPSA) is 49.9 Å². The molecule has 2 atom stereocenters. The minimum absolute atomic E-state index is 0.0140. The van der Waals surface area contributed by atoms with E-state index < -0.39 is 0 Å². The van der Waals surface area contributed by atoms with Crippen molar-refractivity contribution in [3.63, 3.8) is 0 Å². The van der Waals surface area contributed by atoms with Gasteiger partial charge < -0.3 is 14.5 Å². The maximum Gasteiger partial charge on any atom is 0.242 e. The maximum atomic E-state index is 13.7. The molecule has 2 heterocycles. The average molecular weight is 491 g/mol. The lowest BCUT2D eigenvalue weighted by Crippen LogP contribution is -2.50. The van der Waals surface area contributed by atoms with Gasteiger partial charge in [-0.25, -0.2) is 0 Å². The molecule has 5 nitrogen and oxygen atoms in total. The molecule has 0 saturated heterocycles. The second-order valence-corrected chi connectivity index (χ2v) is 10.2. The molecule has 0 unspecified atom stereocenters. The van der Waals surface area contributed by atoms with Crippen LogP contribution < -0.4 is 4.74 Å². The van der Waals surface area contributed by atoms with E-state index >= 15 is 0 Å². The Bertz CT molecular complexity index is 1140. The lowest BCUT2D eigenvalue weighted by Gasteiger charge is -2.38. The molecule has 0 aliphatic carbocycles. The molecule has 2 amide bonds. The first-order chi connectivity index (χ1) is 17.0. The van der Waals surface area contributed by atoms with Crippen LogP contribution in [-0.4, -0.2) is 47.4 Å². The van der Waals surface area contributed by atoms with E-state index in [9.17, 15) is 9.59 Å². The van der Waals surface area contributed by atoms with E-state index in [1.54, 1.807) is 16.2 Å². The van der Waals surface area contributed by atoms with Crippen molar-refractivity contribution < 1.29 is 14.3 Å². The molecule has 0 fully saturated rings. The monoisotopic (exact) mass is 490 g/mol. The zero-order chi connectivity index (χ0) is 24.8. The zero-order valence-electron chi connectivity index (χ0n) is 20.8. The summed E-state index contributed by atoms with van der Waals surface area (Å²) < 4.78 is 6.21. The number of para-hydroxylation sites is 1. The van der Waals surface area contributed by atoms with Crippen molar-refractivity contribution in [3.8, 4) is 5.75 Å². The summed E-state index contributed by atoms with van der Waals surface area (Å²) in [5.74, 6) is 0.795. The molecule has 0 spiro atoms. The minimum atomic E-state index is -0.167. The van der Waals surface area contributed by atoms with Gasteiger partial charge in [0.1, 0.15) is 18.9 Å². The van der Waals surface area contributed by atoms with Gasteiger partial charge in [-0.3, -0.25) is 9.59 Å². The third kappa shape index (κ3) is 5.93. The lowest BCUT2D eigenvalue weighted by molar-refractivity contribution is -0.144. The van der Waals surface area contributed by atoms with Gasteiger partial charge in [-0.05, 0) is 60.9 Å². The summed E-state index contributed by atoms with van der Waals surface area (Å²) in [5, 5.41) is 2.09. The molecule has 0 N–H and O–H groups in total. The predicted octanol–water partition coefficient (Wildman–Crippen LogP) is 5.43. The van der Waals surface area contributed by atoms with Gasteiger partial charge in [-0.1, -0.05) is 55.5 Å². The number of rotatable bonds is 9. The Hall–Kier alpha value is -3.12. The molecule has 6 heteroatoms. The number of nitrogens with zero attached hydrogens (tertiary/aromatic N) is 2. The number of benzene rings is 2. The largest absolute Gasteiger partial charge is 0.491 e. The van der Waals surface area contributed by atoms with E-state index in [1.807, 2.05) is 73.3 Å². The van der Waals surface area contributed by atoms with Crippen LogP contribution in [0.1, 0.15) is 47.9 Å². The number of thiophene rings is 1. The molecule has 1 aromatic heterocycles. The average Bonchev–Trinajstić information content (AvgIpc) is 3.36. The summed E-state index contributed by atoms with van der Waals surface area (Å²) in [5.41, 5.74) is 3.19. The summed E-state index contributed by atoms with van der Waals surface area (Å²) in [6, 6.07) is 19.6. The van der Waals surface area contributed by atoms with Crippen LogP contribution in [0.25, 0.3) is 0 Å². The fraction of sp³-hybridized carbons (Fsp3) is 0.379. The van der Waals surface area contributed by atoms with Gasteiger partial charge in [-0.2, -0.15) is 0 Å². The Morgan fingerprint density at radius 2 is 1.86 bits per heavy atom. The first kappa shape index (κ1) is 25.0. The van der Waals surface area contributed by atoms with Gasteiger partial charge in [0.2, 0.25) is 11.8 Å². The predicted molar refractivity (Wildman–Crippen MR) is 141 cm³/mol. The molecule has 184 valence electrons. The quantitative estimate of drug-likeness (QED) is 0.402. The molecule has 1 aliphatic heterocycles. The van der Waals surface area contributed by atoms with E-state index in [4.69, 9.17) is 4.74 Å². The maximum absolute atomic E-state index is 13.7. The van der Waals surface area contributed by atoms with Gasteiger partial charge in [0.15, 0.2) is 0 Å². The van der Waals surface area contributed by atoms with Gasteiger partial charge >= 0.3 is 0 Å². The highest BCUT2D eigenvalue weighted by Gasteiger charge is 2.34.